The Morgan fingerprint density at radius 2 is 1.28 bits per heavy atom. The SMILES string of the molecule is Fc1ccc(-c2cc(-c3ccc4cc(O[C@H]5CCNC5)c(-c5ccc(F)c(F)c5)cc4n3)ccc2O[C@H]2CCNC2)cc1. The maximum atomic E-state index is 14.3. The molecule has 2 aliphatic heterocycles. The molecule has 43 heavy (non-hydrogen) atoms. The molecule has 0 radical (unpaired) electrons. The van der Waals surface area contributed by atoms with Gasteiger partial charge in [0.25, 0.3) is 0 Å². The number of rotatable bonds is 7. The third kappa shape index (κ3) is 5.81. The molecule has 0 spiro atoms. The van der Waals surface area contributed by atoms with E-state index in [1.165, 1.54) is 18.2 Å². The number of benzene rings is 4. The highest BCUT2D eigenvalue weighted by Crippen LogP contribution is 2.38. The fraction of sp³-hybridized carbons (Fsp3) is 0.229. The fourth-order valence-corrected chi connectivity index (χ4v) is 5.76. The van der Waals surface area contributed by atoms with E-state index in [0.717, 1.165) is 78.6 Å². The number of nitrogens with zero attached hydrogens (tertiary/aromatic N) is 1. The van der Waals surface area contributed by atoms with Crippen LogP contribution in [0.25, 0.3) is 44.4 Å². The van der Waals surface area contributed by atoms with Gasteiger partial charge in [-0.1, -0.05) is 24.3 Å². The van der Waals surface area contributed by atoms with Crippen LogP contribution in [0.5, 0.6) is 11.5 Å². The van der Waals surface area contributed by atoms with Crippen LogP contribution in [-0.4, -0.2) is 43.4 Å². The Morgan fingerprint density at radius 3 is 1.98 bits per heavy atom. The topological polar surface area (TPSA) is 55.4 Å². The van der Waals surface area contributed by atoms with Crippen LogP contribution in [0.15, 0.2) is 84.9 Å². The molecule has 0 aliphatic carbocycles. The Bertz CT molecular complexity index is 1780. The molecule has 2 saturated heterocycles. The Hall–Kier alpha value is -4.40. The molecular weight excluding hydrogens is 551 g/mol. The van der Waals surface area contributed by atoms with Gasteiger partial charge in [-0.25, -0.2) is 18.2 Å². The van der Waals surface area contributed by atoms with Gasteiger partial charge in [-0.15, -0.1) is 0 Å². The summed E-state index contributed by atoms with van der Waals surface area (Å²) in [5.41, 5.74) is 5.13. The lowest BCUT2D eigenvalue weighted by atomic mass is 9.98. The van der Waals surface area contributed by atoms with Crippen molar-refractivity contribution in [3.63, 3.8) is 0 Å². The molecule has 2 atom stereocenters. The Balaban J connectivity index is 1.30. The van der Waals surface area contributed by atoms with E-state index in [1.54, 1.807) is 18.2 Å². The highest BCUT2D eigenvalue weighted by Gasteiger charge is 2.21. The van der Waals surface area contributed by atoms with Crippen LogP contribution in [0.4, 0.5) is 13.2 Å². The summed E-state index contributed by atoms with van der Waals surface area (Å²) in [4.78, 5) is 4.98. The smallest absolute Gasteiger partial charge is 0.159 e. The lowest BCUT2D eigenvalue weighted by Crippen LogP contribution is -2.20. The third-order valence-electron chi connectivity index (χ3n) is 8.07. The predicted octanol–water partition coefficient (Wildman–Crippen LogP) is 7.13. The molecule has 4 aromatic carbocycles. The van der Waals surface area contributed by atoms with Crippen molar-refractivity contribution in [2.75, 3.05) is 26.2 Å². The van der Waals surface area contributed by atoms with Crippen LogP contribution < -0.4 is 20.1 Å². The van der Waals surface area contributed by atoms with Gasteiger partial charge in [0.2, 0.25) is 0 Å². The van der Waals surface area contributed by atoms with Gasteiger partial charge >= 0.3 is 0 Å². The minimum Gasteiger partial charge on any atom is -0.488 e. The van der Waals surface area contributed by atoms with Crippen molar-refractivity contribution < 1.29 is 22.6 Å². The molecule has 218 valence electrons. The second kappa shape index (κ2) is 11.7. The van der Waals surface area contributed by atoms with E-state index in [2.05, 4.69) is 10.6 Å². The van der Waals surface area contributed by atoms with Gasteiger partial charge in [-0.3, -0.25) is 0 Å². The molecule has 7 rings (SSSR count). The summed E-state index contributed by atoms with van der Waals surface area (Å²) < 4.78 is 54.5. The van der Waals surface area contributed by atoms with E-state index in [4.69, 9.17) is 14.5 Å². The zero-order chi connectivity index (χ0) is 29.3. The first-order valence-electron chi connectivity index (χ1n) is 14.6. The summed E-state index contributed by atoms with van der Waals surface area (Å²) in [6.45, 7) is 3.28. The molecule has 0 saturated carbocycles. The number of halogens is 3. The number of pyridine rings is 1. The van der Waals surface area contributed by atoms with E-state index in [0.29, 0.717) is 22.4 Å². The summed E-state index contributed by atoms with van der Waals surface area (Å²) in [5.74, 6) is -0.794. The van der Waals surface area contributed by atoms with Gasteiger partial charge < -0.3 is 20.1 Å². The number of hydrogen-bond acceptors (Lipinski definition) is 5. The van der Waals surface area contributed by atoms with Crippen molar-refractivity contribution >= 4 is 10.9 Å². The first kappa shape index (κ1) is 27.4. The second-order valence-electron chi connectivity index (χ2n) is 11.0. The standard InChI is InChI=1S/C35H30F3N3O2/c36-25-6-1-21(2-7-25)28-15-23(5-10-34(28)42-26-11-13-39-19-26)32-9-4-24-17-35(43-27-12-14-40-20-27)29(18-33(24)41-32)22-3-8-30(37)31(38)16-22/h1-10,15-18,26-27,39-40H,11-14,19-20H2/t26-,27-/m0/s1. The Labute approximate surface area is 247 Å². The van der Waals surface area contributed by atoms with Gasteiger partial charge in [-0.05, 0) is 97.7 Å². The summed E-state index contributed by atoms with van der Waals surface area (Å²) >= 11 is 0. The second-order valence-corrected chi connectivity index (χ2v) is 11.0. The van der Waals surface area contributed by atoms with Crippen LogP contribution in [0.2, 0.25) is 0 Å². The van der Waals surface area contributed by atoms with E-state index in [9.17, 15) is 13.2 Å². The first-order valence-corrected chi connectivity index (χ1v) is 14.6. The zero-order valence-corrected chi connectivity index (χ0v) is 23.4. The number of nitrogens with one attached hydrogen (secondary N) is 2. The zero-order valence-electron chi connectivity index (χ0n) is 23.4. The molecule has 3 heterocycles. The molecule has 0 bridgehead atoms. The Kier molecular flexibility index (Phi) is 7.47. The summed E-state index contributed by atoms with van der Waals surface area (Å²) in [6, 6.07) is 23.9. The predicted molar refractivity (Wildman–Crippen MR) is 162 cm³/mol. The van der Waals surface area contributed by atoms with Crippen LogP contribution in [-0.2, 0) is 0 Å². The van der Waals surface area contributed by atoms with Gasteiger partial charge in [0, 0.05) is 35.2 Å². The van der Waals surface area contributed by atoms with Crippen molar-refractivity contribution in [3.8, 4) is 45.0 Å². The monoisotopic (exact) mass is 581 g/mol. The van der Waals surface area contributed by atoms with Gasteiger partial charge in [-0.2, -0.15) is 0 Å². The van der Waals surface area contributed by atoms with Gasteiger partial charge in [0.05, 0.1) is 11.2 Å². The minimum absolute atomic E-state index is 0.0145. The molecule has 5 aromatic rings. The maximum Gasteiger partial charge on any atom is 0.159 e. The highest BCUT2D eigenvalue weighted by molar-refractivity contribution is 5.90. The van der Waals surface area contributed by atoms with E-state index in [-0.39, 0.29) is 18.0 Å². The molecule has 8 heteroatoms. The van der Waals surface area contributed by atoms with Crippen LogP contribution in [0.1, 0.15) is 12.8 Å². The van der Waals surface area contributed by atoms with Crippen molar-refractivity contribution in [2.45, 2.75) is 25.0 Å². The molecule has 2 aliphatic rings. The average molecular weight is 582 g/mol. The molecule has 0 unspecified atom stereocenters. The Morgan fingerprint density at radius 1 is 0.605 bits per heavy atom. The highest BCUT2D eigenvalue weighted by atomic mass is 19.2. The number of hydrogen-bond donors (Lipinski definition) is 2. The maximum absolute atomic E-state index is 14.3. The molecule has 1 aromatic heterocycles. The lowest BCUT2D eigenvalue weighted by molar-refractivity contribution is 0.224. The summed E-state index contributed by atoms with van der Waals surface area (Å²) in [6.07, 6.45) is 1.83. The third-order valence-corrected chi connectivity index (χ3v) is 8.07. The fourth-order valence-electron chi connectivity index (χ4n) is 5.76. The first-order chi connectivity index (χ1) is 21.0. The molecular formula is C35H30F3N3O2. The van der Waals surface area contributed by atoms with Crippen molar-refractivity contribution in [3.05, 3.63) is 102 Å². The molecule has 0 amide bonds. The number of fused-ring (bicyclic) bond motifs is 1. The van der Waals surface area contributed by atoms with Gasteiger partial charge in [0.15, 0.2) is 11.6 Å². The minimum atomic E-state index is -0.920. The van der Waals surface area contributed by atoms with Crippen molar-refractivity contribution in [1.29, 1.82) is 0 Å². The number of aromatic nitrogens is 1. The van der Waals surface area contributed by atoms with Crippen LogP contribution >= 0.6 is 0 Å². The molecule has 2 N–H and O–H groups in total. The number of ether oxygens (including phenoxy) is 2. The largest absolute Gasteiger partial charge is 0.488 e. The van der Waals surface area contributed by atoms with Crippen LogP contribution in [0.3, 0.4) is 0 Å². The average Bonchev–Trinajstić information content (AvgIpc) is 3.74. The van der Waals surface area contributed by atoms with Gasteiger partial charge in [0.1, 0.15) is 29.5 Å². The van der Waals surface area contributed by atoms with Crippen molar-refractivity contribution in [2.24, 2.45) is 0 Å². The summed E-state index contributed by atoms with van der Waals surface area (Å²) in [5, 5.41) is 7.48. The van der Waals surface area contributed by atoms with E-state index in [1.807, 2.05) is 42.5 Å². The lowest BCUT2D eigenvalue weighted by Gasteiger charge is -2.18. The normalized spacial score (nSPS) is 18.3. The van der Waals surface area contributed by atoms with Crippen LogP contribution in [0, 0.1) is 17.5 Å². The van der Waals surface area contributed by atoms with E-state index >= 15 is 0 Å². The van der Waals surface area contributed by atoms with E-state index < -0.39 is 11.6 Å². The van der Waals surface area contributed by atoms with Crippen molar-refractivity contribution in [1.82, 2.24) is 15.6 Å². The molecule has 5 nitrogen and oxygen atoms in total. The quantitative estimate of drug-likeness (QED) is 0.214. The summed E-state index contributed by atoms with van der Waals surface area (Å²) in [7, 11) is 0. The molecule has 2 fully saturated rings.